The van der Waals surface area contributed by atoms with Crippen LogP contribution in [0.4, 0.5) is 0 Å². The van der Waals surface area contributed by atoms with Gasteiger partial charge in [-0.15, -0.1) is 0 Å². The van der Waals surface area contributed by atoms with Crippen molar-refractivity contribution in [2.45, 2.75) is 31.8 Å². The van der Waals surface area contributed by atoms with Gasteiger partial charge in [-0.25, -0.2) is 0 Å². The summed E-state index contributed by atoms with van der Waals surface area (Å²) in [5.41, 5.74) is 10.9. The van der Waals surface area contributed by atoms with E-state index in [1.807, 2.05) is 0 Å². The molecule has 0 radical (unpaired) electrons. The lowest BCUT2D eigenvalue weighted by molar-refractivity contribution is -0.138. The van der Waals surface area contributed by atoms with E-state index in [0.29, 0.717) is 19.4 Å². The van der Waals surface area contributed by atoms with Crippen molar-refractivity contribution in [1.29, 1.82) is 0 Å². The summed E-state index contributed by atoms with van der Waals surface area (Å²) in [6, 6.07) is -1.23. The predicted octanol–water partition coefficient (Wildman–Crippen LogP) is -1.28. The van der Waals surface area contributed by atoms with Gasteiger partial charge in [-0.1, -0.05) is 0 Å². The number of carboxylic acids is 1. The van der Waals surface area contributed by atoms with Crippen LogP contribution in [0.25, 0.3) is 0 Å². The first kappa shape index (κ1) is 12.4. The van der Waals surface area contributed by atoms with E-state index in [9.17, 15) is 9.59 Å². The van der Waals surface area contributed by atoms with E-state index in [0.717, 1.165) is 0 Å². The number of hydrogen-bond acceptors (Lipinski definition) is 5. The summed E-state index contributed by atoms with van der Waals surface area (Å²) in [6.07, 6.45) is 0.904. The Balaban J connectivity index is 2.37. The van der Waals surface area contributed by atoms with Crippen molar-refractivity contribution in [2.24, 2.45) is 16.5 Å². The highest BCUT2D eigenvalue weighted by Gasteiger charge is 2.29. The number of aliphatic carboxylic acids is 1. The molecule has 0 aromatic heterocycles. The fraction of sp³-hybridized carbons (Fsp3) is 0.667. The van der Waals surface area contributed by atoms with Crippen LogP contribution in [0.1, 0.15) is 19.8 Å². The maximum Gasteiger partial charge on any atom is 0.320 e. The summed E-state index contributed by atoms with van der Waals surface area (Å²) in [5.74, 6) is -1.09. The van der Waals surface area contributed by atoms with Crippen molar-refractivity contribution in [1.82, 2.24) is 4.90 Å². The number of nitrogens with two attached hydrogens (primary N) is 2. The molecule has 0 saturated carbocycles. The fourth-order valence-electron chi connectivity index (χ4n) is 1.52. The minimum atomic E-state index is -1.02. The van der Waals surface area contributed by atoms with E-state index in [1.54, 1.807) is 11.8 Å². The minimum Gasteiger partial charge on any atom is -0.480 e. The first-order chi connectivity index (χ1) is 7.43. The van der Waals surface area contributed by atoms with Crippen LogP contribution in [-0.2, 0) is 9.59 Å². The van der Waals surface area contributed by atoms with Gasteiger partial charge in [0, 0.05) is 6.54 Å². The van der Waals surface area contributed by atoms with Gasteiger partial charge in [-0.3, -0.25) is 9.59 Å². The normalized spacial score (nSPS) is 22.1. The summed E-state index contributed by atoms with van der Waals surface area (Å²) < 4.78 is 0. The van der Waals surface area contributed by atoms with Crippen molar-refractivity contribution in [3.8, 4) is 0 Å². The lowest BCUT2D eigenvalue weighted by Gasteiger charge is -2.22. The average Bonchev–Trinajstić information content (AvgIpc) is 2.44. The van der Waals surface area contributed by atoms with Gasteiger partial charge < -0.3 is 21.5 Å². The zero-order valence-corrected chi connectivity index (χ0v) is 9.09. The number of rotatable bonds is 5. The second-order valence-corrected chi connectivity index (χ2v) is 3.76. The number of carbonyl (C=O) groups excluding carboxylic acids is 1. The number of guanidine groups is 1. The zero-order chi connectivity index (χ0) is 12.3. The summed E-state index contributed by atoms with van der Waals surface area (Å²) >= 11 is 0. The monoisotopic (exact) mass is 228 g/mol. The predicted molar refractivity (Wildman–Crippen MR) is 57.6 cm³/mol. The molecule has 1 aliphatic heterocycles. The van der Waals surface area contributed by atoms with Crippen LogP contribution in [-0.4, -0.2) is 46.5 Å². The lowest BCUT2D eigenvalue weighted by Crippen LogP contribution is -2.41. The molecule has 0 unspecified atom stereocenters. The van der Waals surface area contributed by atoms with E-state index in [2.05, 4.69) is 4.99 Å². The molecule has 0 bridgehead atoms. The molecule has 0 aliphatic carbocycles. The third kappa shape index (κ3) is 2.69. The van der Waals surface area contributed by atoms with Crippen molar-refractivity contribution >= 4 is 17.8 Å². The number of hydrogen-bond donors (Lipinski definition) is 3. The van der Waals surface area contributed by atoms with E-state index in [4.69, 9.17) is 16.6 Å². The molecule has 0 aromatic rings. The minimum absolute atomic E-state index is 0.196. The molecule has 5 N–H and O–H groups in total. The second kappa shape index (κ2) is 4.93. The van der Waals surface area contributed by atoms with Crippen LogP contribution in [0.2, 0.25) is 0 Å². The Kier molecular flexibility index (Phi) is 3.83. The SMILES string of the molecule is C[C@H]1C(=O)N=C(N)N1CCC[C@H](N)C(=O)O. The first-order valence-electron chi connectivity index (χ1n) is 5.06. The molecule has 1 rings (SSSR count). The van der Waals surface area contributed by atoms with Crippen LogP contribution in [0, 0.1) is 0 Å². The fourth-order valence-corrected chi connectivity index (χ4v) is 1.52. The van der Waals surface area contributed by atoms with E-state index < -0.39 is 12.0 Å². The molecule has 0 saturated heterocycles. The van der Waals surface area contributed by atoms with Crippen LogP contribution < -0.4 is 11.5 Å². The van der Waals surface area contributed by atoms with Crippen molar-refractivity contribution in [3.05, 3.63) is 0 Å². The molecule has 1 amide bonds. The highest BCUT2D eigenvalue weighted by molar-refractivity contribution is 6.01. The van der Waals surface area contributed by atoms with Crippen LogP contribution in [0.3, 0.4) is 0 Å². The number of aliphatic imine (C=N–C) groups is 1. The highest BCUT2D eigenvalue weighted by atomic mass is 16.4. The molecular formula is C9H16N4O3. The summed E-state index contributed by atoms with van der Waals surface area (Å²) in [7, 11) is 0. The number of carboxylic acid groups (broad SMARTS) is 1. The summed E-state index contributed by atoms with van der Waals surface area (Å²) in [6.45, 7) is 2.20. The average molecular weight is 228 g/mol. The van der Waals surface area contributed by atoms with Gasteiger partial charge in [0.2, 0.25) is 0 Å². The van der Waals surface area contributed by atoms with Gasteiger partial charge >= 0.3 is 5.97 Å². The zero-order valence-electron chi connectivity index (χ0n) is 9.09. The number of amides is 1. The van der Waals surface area contributed by atoms with Crippen LogP contribution >= 0.6 is 0 Å². The maximum atomic E-state index is 11.2. The molecule has 0 fully saturated rings. The molecule has 1 aliphatic rings. The van der Waals surface area contributed by atoms with Gasteiger partial charge in [0.1, 0.15) is 12.1 Å². The maximum absolute atomic E-state index is 11.2. The molecule has 2 atom stereocenters. The van der Waals surface area contributed by atoms with Gasteiger partial charge in [0.15, 0.2) is 5.96 Å². The van der Waals surface area contributed by atoms with Crippen LogP contribution in [0.15, 0.2) is 4.99 Å². The molecule has 0 aromatic carbocycles. The molecule has 7 heteroatoms. The van der Waals surface area contributed by atoms with Crippen molar-refractivity contribution < 1.29 is 14.7 Å². The van der Waals surface area contributed by atoms with Crippen LogP contribution in [0.5, 0.6) is 0 Å². The lowest BCUT2D eigenvalue weighted by atomic mass is 10.1. The number of carbonyl (C=O) groups is 2. The Morgan fingerprint density at radius 3 is 2.75 bits per heavy atom. The van der Waals surface area contributed by atoms with Crippen molar-refractivity contribution in [2.75, 3.05) is 6.54 Å². The Morgan fingerprint density at radius 2 is 2.31 bits per heavy atom. The largest absolute Gasteiger partial charge is 0.480 e. The molecular weight excluding hydrogens is 212 g/mol. The standard InChI is InChI=1S/C9H16N4O3/c1-5-7(14)12-9(11)13(5)4-2-3-6(10)8(15)16/h5-6H,2-4,10H2,1H3,(H,15,16)(H2,11,12,14)/t5-,6-/m0/s1. The second-order valence-electron chi connectivity index (χ2n) is 3.76. The van der Waals surface area contributed by atoms with Gasteiger partial charge in [0.25, 0.3) is 5.91 Å². The summed E-state index contributed by atoms with van der Waals surface area (Å²) in [4.78, 5) is 26.9. The topological polar surface area (TPSA) is 122 Å². The third-order valence-electron chi connectivity index (χ3n) is 2.58. The van der Waals surface area contributed by atoms with Gasteiger partial charge in [0.05, 0.1) is 0 Å². The van der Waals surface area contributed by atoms with E-state index >= 15 is 0 Å². The smallest absolute Gasteiger partial charge is 0.320 e. The molecule has 90 valence electrons. The molecule has 1 heterocycles. The molecule has 16 heavy (non-hydrogen) atoms. The Morgan fingerprint density at radius 1 is 1.69 bits per heavy atom. The molecule has 0 spiro atoms. The Bertz CT molecular complexity index is 329. The van der Waals surface area contributed by atoms with Gasteiger partial charge in [-0.05, 0) is 19.8 Å². The molecule has 7 nitrogen and oxygen atoms in total. The van der Waals surface area contributed by atoms with Crippen molar-refractivity contribution in [3.63, 3.8) is 0 Å². The van der Waals surface area contributed by atoms with E-state index in [1.165, 1.54) is 0 Å². The third-order valence-corrected chi connectivity index (χ3v) is 2.58. The quantitative estimate of drug-likeness (QED) is 0.539. The van der Waals surface area contributed by atoms with Gasteiger partial charge in [-0.2, -0.15) is 4.99 Å². The Labute approximate surface area is 93.1 Å². The van der Waals surface area contributed by atoms with E-state index in [-0.39, 0.29) is 17.9 Å². The highest BCUT2D eigenvalue weighted by Crippen LogP contribution is 2.10. The summed E-state index contributed by atoms with van der Waals surface area (Å²) in [5, 5.41) is 8.58. The Hall–Kier alpha value is -1.63. The number of nitrogens with zero attached hydrogens (tertiary/aromatic N) is 2. The first-order valence-corrected chi connectivity index (χ1v) is 5.06.